The summed E-state index contributed by atoms with van der Waals surface area (Å²) in [6.07, 6.45) is 3.39. The number of allylic oxidation sites excluding steroid dienone is 1. The number of pyridine rings is 1. The third-order valence-corrected chi connectivity index (χ3v) is 2.76. The molecular formula is C16H17NO. The highest BCUT2D eigenvalue weighted by molar-refractivity contribution is 5.97. The Morgan fingerprint density at radius 2 is 1.83 bits per heavy atom. The second kappa shape index (κ2) is 4.73. The minimum Gasteiger partial charge on any atom is -0.294 e. The lowest BCUT2D eigenvalue weighted by molar-refractivity contribution is -0.121. The predicted octanol–water partition coefficient (Wildman–Crippen LogP) is 3.86. The fraction of sp³-hybridized carbons (Fsp3) is 0.250. The van der Waals surface area contributed by atoms with Crippen LogP contribution in [0.4, 0.5) is 0 Å². The fourth-order valence-corrected chi connectivity index (χ4v) is 1.59. The molecule has 2 aromatic rings. The molecular weight excluding hydrogens is 222 g/mol. The van der Waals surface area contributed by atoms with E-state index in [1.54, 1.807) is 12.2 Å². The van der Waals surface area contributed by atoms with E-state index >= 15 is 0 Å². The highest BCUT2D eigenvalue weighted by atomic mass is 16.1. The quantitative estimate of drug-likeness (QED) is 0.745. The molecule has 0 aliphatic rings. The Balaban J connectivity index is 2.27. The molecule has 1 aromatic heterocycles. The van der Waals surface area contributed by atoms with Gasteiger partial charge in [-0.1, -0.05) is 45.0 Å². The molecule has 0 saturated carbocycles. The SMILES string of the molecule is CC(C)(C)C(=O)/C=C/c1ccc2ccccc2n1. The number of rotatable bonds is 2. The molecule has 0 aliphatic heterocycles. The first-order valence-corrected chi connectivity index (χ1v) is 6.05. The molecule has 0 amide bonds. The largest absolute Gasteiger partial charge is 0.294 e. The van der Waals surface area contributed by atoms with Gasteiger partial charge >= 0.3 is 0 Å². The smallest absolute Gasteiger partial charge is 0.161 e. The normalized spacial score (nSPS) is 12.2. The van der Waals surface area contributed by atoms with Gasteiger partial charge in [0.1, 0.15) is 0 Å². The Morgan fingerprint density at radius 3 is 2.56 bits per heavy atom. The number of aromatic nitrogens is 1. The molecule has 0 spiro atoms. The van der Waals surface area contributed by atoms with Crippen molar-refractivity contribution in [2.24, 2.45) is 5.41 Å². The van der Waals surface area contributed by atoms with E-state index in [-0.39, 0.29) is 11.2 Å². The Hall–Kier alpha value is -1.96. The lowest BCUT2D eigenvalue weighted by Gasteiger charge is -2.12. The third-order valence-electron chi connectivity index (χ3n) is 2.76. The number of ketones is 1. The van der Waals surface area contributed by atoms with Gasteiger partial charge in [0.25, 0.3) is 0 Å². The molecule has 2 rings (SSSR count). The summed E-state index contributed by atoms with van der Waals surface area (Å²) in [4.78, 5) is 16.3. The Morgan fingerprint density at radius 1 is 1.11 bits per heavy atom. The van der Waals surface area contributed by atoms with Crippen molar-refractivity contribution in [2.45, 2.75) is 20.8 Å². The topological polar surface area (TPSA) is 30.0 Å². The number of hydrogen-bond donors (Lipinski definition) is 0. The van der Waals surface area contributed by atoms with Gasteiger partial charge in [-0.3, -0.25) is 4.79 Å². The lowest BCUT2D eigenvalue weighted by atomic mass is 9.90. The zero-order chi connectivity index (χ0) is 13.2. The molecule has 0 fully saturated rings. The van der Waals surface area contributed by atoms with E-state index < -0.39 is 0 Å². The molecule has 0 bridgehead atoms. The number of hydrogen-bond acceptors (Lipinski definition) is 2. The molecule has 2 nitrogen and oxygen atoms in total. The second-order valence-corrected chi connectivity index (χ2v) is 5.38. The predicted molar refractivity (Wildman–Crippen MR) is 75.2 cm³/mol. The van der Waals surface area contributed by atoms with Gasteiger partial charge in [0.2, 0.25) is 0 Å². The maximum absolute atomic E-state index is 11.8. The minimum atomic E-state index is -0.340. The number of para-hydroxylation sites is 1. The van der Waals surface area contributed by atoms with Gasteiger partial charge < -0.3 is 0 Å². The van der Waals surface area contributed by atoms with Crippen LogP contribution in [0.15, 0.2) is 42.5 Å². The van der Waals surface area contributed by atoms with Crippen molar-refractivity contribution in [3.63, 3.8) is 0 Å². The Bertz CT molecular complexity index is 606. The van der Waals surface area contributed by atoms with Crippen molar-refractivity contribution in [1.29, 1.82) is 0 Å². The zero-order valence-electron chi connectivity index (χ0n) is 11.0. The van der Waals surface area contributed by atoms with Gasteiger partial charge in [-0.2, -0.15) is 0 Å². The van der Waals surface area contributed by atoms with Crippen LogP contribution in [0.1, 0.15) is 26.5 Å². The van der Waals surface area contributed by atoms with Crippen molar-refractivity contribution < 1.29 is 4.79 Å². The van der Waals surface area contributed by atoms with Crippen LogP contribution in [0.25, 0.3) is 17.0 Å². The van der Waals surface area contributed by atoms with E-state index in [4.69, 9.17) is 0 Å². The first kappa shape index (κ1) is 12.5. The van der Waals surface area contributed by atoms with Crippen LogP contribution in [0, 0.1) is 5.41 Å². The van der Waals surface area contributed by atoms with Crippen molar-refractivity contribution in [2.75, 3.05) is 0 Å². The van der Waals surface area contributed by atoms with E-state index in [0.717, 1.165) is 16.6 Å². The third kappa shape index (κ3) is 2.83. The highest BCUT2D eigenvalue weighted by Crippen LogP contribution is 2.17. The number of nitrogens with zero attached hydrogens (tertiary/aromatic N) is 1. The summed E-state index contributed by atoms with van der Waals surface area (Å²) < 4.78 is 0. The molecule has 1 aromatic carbocycles. The number of fused-ring (bicyclic) bond motifs is 1. The highest BCUT2D eigenvalue weighted by Gasteiger charge is 2.17. The number of benzene rings is 1. The number of carbonyl (C=O) groups is 1. The maximum Gasteiger partial charge on any atom is 0.161 e. The van der Waals surface area contributed by atoms with Crippen LogP contribution in [0.5, 0.6) is 0 Å². The molecule has 0 aliphatic carbocycles. The van der Waals surface area contributed by atoms with E-state index in [9.17, 15) is 4.79 Å². The van der Waals surface area contributed by atoms with E-state index in [2.05, 4.69) is 4.98 Å². The lowest BCUT2D eigenvalue weighted by Crippen LogP contribution is -2.17. The summed E-state index contributed by atoms with van der Waals surface area (Å²) >= 11 is 0. The van der Waals surface area contributed by atoms with Gasteiger partial charge in [0.15, 0.2) is 5.78 Å². The van der Waals surface area contributed by atoms with Gasteiger partial charge in [0, 0.05) is 10.8 Å². The molecule has 1 heterocycles. The van der Waals surface area contributed by atoms with Crippen LogP contribution < -0.4 is 0 Å². The summed E-state index contributed by atoms with van der Waals surface area (Å²) in [7, 11) is 0. The van der Waals surface area contributed by atoms with Crippen LogP contribution >= 0.6 is 0 Å². The Labute approximate surface area is 107 Å². The molecule has 0 atom stereocenters. The van der Waals surface area contributed by atoms with Gasteiger partial charge in [-0.05, 0) is 24.3 Å². The average Bonchev–Trinajstić information content (AvgIpc) is 2.34. The summed E-state index contributed by atoms with van der Waals surface area (Å²) in [6, 6.07) is 11.9. The van der Waals surface area contributed by atoms with Gasteiger partial charge in [-0.25, -0.2) is 4.98 Å². The molecule has 0 N–H and O–H groups in total. The summed E-state index contributed by atoms with van der Waals surface area (Å²) in [6.45, 7) is 5.73. The standard InChI is InChI=1S/C16H17NO/c1-16(2,3)15(18)11-10-13-9-8-12-6-4-5-7-14(12)17-13/h4-11H,1-3H3/b11-10+. The minimum absolute atomic E-state index is 0.109. The average molecular weight is 239 g/mol. The van der Waals surface area contributed by atoms with Gasteiger partial charge in [0.05, 0.1) is 11.2 Å². The van der Waals surface area contributed by atoms with Crippen molar-refractivity contribution in [3.8, 4) is 0 Å². The molecule has 2 heteroatoms. The molecule has 18 heavy (non-hydrogen) atoms. The summed E-state index contributed by atoms with van der Waals surface area (Å²) in [5.41, 5.74) is 1.42. The monoisotopic (exact) mass is 239 g/mol. The van der Waals surface area contributed by atoms with E-state index in [1.165, 1.54) is 0 Å². The van der Waals surface area contributed by atoms with Crippen LogP contribution in [-0.2, 0) is 4.79 Å². The molecule has 0 saturated heterocycles. The van der Waals surface area contributed by atoms with Crippen LogP contribution in [-0.4, -0.2) is 10.8 Å². The molecule has 0 unspecified atom stereocenters. The van der Waals surface area contributed by atoms with Crippen molar-refractivity contribution in [1.82, 2.24) is 4.98 Å². The van der Waals surface area contributed by atoms with Crippen LogP contribution in [0.3, 0.4) is 0 Å². The zero-order valence-corrected chi connectivity index (χ0v) is 11.0. The molecule has 92 valence electrons. The first-order valence-electron chi connectivity index (χ1n) is 6.05. The van der Waals surface area contributed by atoms with E-state index in [0.29, 0.717) is 0 Å². The van der Waals surface area contributed by atoms with E-state index in [1.807, 2.05) is 57.2 Å². The van der Waals surface area contributed by atoms with Crippen molar-refractivity contribution >= 4 is 22.8 Å². The van der Waals surface area contributed by atoms with Crippen molar-refractivity contribution in [3.05, 3.63) is 48.2 Å². The van der Waals surface area contributed by atoms with Crippen LogP contribution in [0.2, 0.25) is 0 Å². The number of carbonyl (C=O) groups excluding carboxylic acids is 1. The maximum atomic E-state index is 11.8. The first-order chi connectivity index (χ1) is 8.47. The molecule has 0 radical (unpaired) electrons. The summed E-state index contributed by atoms with van der Waals surface area (Å²) in [5.74, 6) is 0.109. The Kier molecular flexibility index (Phi) is 3.28. The fourth-order valence-electron chi connectivity index (χ4n) is 1.59. The second-order valence-electron chi connectivity index (χ2n) is 5.38. The summed E-state index contributed by atoms with van der Waals surface area (Å²) in [5, 5.41) is 1.11. The van der Waals surface area contributed by atoms with Gasteiger partial charge in [-0.15, -0.1) is 0 Å².